The number of nitrogens with zero attached hydrogens (tertiary/aromatic N) is 1. The molecule has 27 heavy (non-hydrogen) atoms. The quantitative estimate of drug-likeness (QED) is 0.727. The predicted molar refractivity (Wildman–Crippen MR) is 105 cm³/mol. The Kier molecular flexibility index (Phi) is 5.45. The van der Waals surface area contributed by atoms with Crippen LogP contribution in [0, 0.1) is 0 Å². The lowest BCUT2D eigenvalue weighted by molar-refractivity contribution is 0.0748. The Morgan fingerprint density at radius 2 is 1.85 bits per heavy atom. The van der Waals surface area contributed by atoms with Gasteiger partial charge in [-0.1, -0.05) is 12.1 Å². The number of hydrogen-bond acceptors (Lipinski definition) is 4. The average molecular weight is 366 g/mol. The molecule has 0 saturated carbocycles. The van der Waals surface area contributed by atoms with Gasteiger partial charge in [0, 0.05) is 18.2 Å². The number of pyridine rings is 1. The molecule has 0 fully saturated rings. The van der Waals surface area contributed by atoms with Crippen LogP contribution in [0.4, 0.5) is 0 Å². The smallest absolute Gasteiger partial charge is 0.257 e. The van der Waals surface area contributed by atoms with Crippen LogP contribution in [0.5, 0.6) is 11.5 Å². The number of rotatable bonds is 6. The Labute approximate surface area is 157 Å². The van der Waals surface area contributed by atoms with Gasteiger partial charge in [0.05, 0.1) is 31.8 Å². The minimum atomic E-state index is -0.220. The number of aromatic amines is 1. The van der Waals surface area contributed by atoms with Crippen molar-refractivity contribution in [2.45, 2.75) is 13.5 Å². The fourth-order valence-electron chi connectivity index (χ4n) is 2.99. The highest BCUT2D eigenvalue weighted by Gasteiger charge is 2.19. The first-order valence-corrected chi connectivity index (χ1v) is 8.69. The van der Waals surface area contributed by atoms with Gasteiger partial charge >= 0.3 is 0 Å². The molecular formula is C21H22N2O4. The van der Waals surface area contributed by atoms with Crippen molar-refractivity contribution in [1.29, 1.82) is 0 Å². The van der Waals surface area contributed by atoms with Crippen LogP contribution in [0.15, 0.2) is 53.3 Å². The predicted octanol–water partition coefficient (Wildman–Crippen LogP) is 3.21. The third-order valence-corrected chi connectivity index (χ3v) is 4.50. The van der Waals surface area contributed by atoms with E-state index in [-0.39, 0.29) is 18.0 Å². The van der Waals surface area contributed by atoms with Crippen LogP contribution in [0.25, 0.3) is 10.9 Å². The highest BCUT2D eigenvalue weighted by atomic mass is 16.5. The van der Waals surface area contributed by atoms with E-state index in [1.54, 1.807) is 36.3 Å². The molecule has 1 aromatic heterocycles. The third kappa shape index (κ3) is 3.79. The van der Waals surface area contributed by atoms with Gasteiger partial charge in [-0.15, -0.1) is 0 Å². The van der Waals surface area contributed by atoms with Crippen molar-refractivity contribution in [3.05, 3.63) is 70.0 Å². The van der Waals surface area contributed by atoms with Crippen LogP contribution < -0.4 is 15.0 Å². The molecule has 6 heteroatoms. The van der Waals surface area contributed by atoms with E-state index in [1.165, 1.54) is 7.11 Å². The zero-order chi connectivity index (χ0) is 19.4. The number of hydrogen-bond donors (Lipinski definition) is 1. The SMILES string of the molecule is CCN(Cc1cc2ccc(OC)cc2[nH]c1=O)C(=O)c1ccccc1OC. The standard InChI is InChI=1S/C21H22N2O4/c1-4-23(21(25)17-7-5-6-8-19(17)27-3)13-15-11-14-9-10-16(26-2)12-18(14)22-20(15)24/h5-12H,4,13H2,1-3H3,(H,22,24). The zero-order valence-electron chi connectivity index (χ0n) is 15.6. The molecule has 0 aliphatic rings. The molecule has 6 nitrogen and oxygen atoms in total. The maximum absolute atomic E-state index is 12.9. The van der Waals surface area contributed by atoms with E-state index in [0.717, 1.165) is 5.39 Å². The maximum Gasteiger partial charge on any atom is 0.257 e. The summed E-state index contributed by atoms with van der Waals surface area (Å²) in [5, 5.41) is 0.881. The van der Waals surface area contributed by atoms with E-state index in [0.29, 0.717) is 34.7 Å². The fourth-order valence-corrected chi connectivity index (χ4v) is 2.99. The van der Waals surface area contributed by atoms with Crippen molar-refractivity contribution in [1.82, 2.24) is 9.88 Å². The highest BCUT2D eigenvalue weighted by molar-refractivity contribution is 5.97. The lowest BCUT2D eigenvalue weighted by atomic mass is 10.1. The topological polar surface area (TPSA) is 71.6 Å². The number of methoxy groups -OCH3 is 2. The number of carbonyl (C=O) groups is 1. The lowest BCUT2D eigenvalue weighted by Crippen LogP contribution is -2.32. The third-order valence-electron chi connectivity index (χ3n) is 4.50. The van der Waals surface area contributed by atoms with Crippen LogP contribution in [-0.4, -0.2) is 36.6 Å². The average Bonchev–Trinajstić information content (AvgIpc) is 2.71. The highest BCUT2D eigenvalue weighted by Crippen LogP contribution is 2.21. The van der Waals surface area contributed by atoms with E-state index in [9.17, 15) is 9.59 Å². The molecule has 2 aromatic carbocycles. The van der Waals surface area contributed by atoms with Gasteiger partial charge in [0.2, 0.25) is 0 Å². The molecule has 0 atom stereocenters. The summed E-state index contributed by atoms with van der Waals surface area (Å²) in [4.78, 5) is 29.9. The number of aromatic nitrogens is 1. The number of para-hydroxylation sites is 1. The van der Waals surface area contributed by atoms with Crippen molar-refractivity contribution in [2.24, 2.45) is 0 Å². The fraction of sp³-hybridized carbons (Fsp3) is 0.238. The minimum absolute atomic E-state index is 0.177. The summed E-state index contributed by atoms with van der Waals surface area (Å²) in [7, 11) is 3.11. The summed E-state index contributed by atoms with van der Waals surface area (Å²) in [6, 6.07) is 14.4. The molecule has 0 bridgehead atoms. The first kappa shape index (κ1) is 18.5. The lowest BCUT2D eigenvalue weighted by Gasteiger charge is -2.22. The first-order valence-electron chi connectivity index (χ1n) is 8.69. The Hall–Kier alpha value is -3.28. The largest absolute Gasteiger partial charge is 0.497 e. The van der Waals surface area contributed by atoms with Crippen molar-refractivity contribution >= 4 is 16.8 Å². The Morgan fingerprint density at radius 3 is 2.56 bits per heavy atom. The van der Waals surface area contributed by atoms with Gasteiger partial charge in [-0.2, -0.15) is 0 Å². The second kappa shape index (κ2) is 7.95. The normalized spacial score (nSPS) is 10.6. The van der Waals surface area contributed by atoms with Crippen LogP contribution in [0.3, 0.4) is 0 Å². The van der Waals surface area contributed by atoms with Crippen molar-refractivity contribution in [2.75, 3.05) is 20.8 Å². The summed E-state index contributed by atoms with van der Waals surface area (Å²) < 4.78 is 10.5. The number of carbonyl (C=O) groups excluding carboxylic acids is 1. The molecule has 1 N–H and O–H groups in total. The molecule has 3 rings (SSSR count). The summed E-state index contributed by atoms with van der Waals surface area (Å²) in [5.41, 5.74) is 1.48. The van der Waals surface area contributed by atoms with Crippen molar-refractivity contribution in [3.8, 4) is 11.5 Å². The van der Waals surface area contributed by atoms with Crippen LogP contribution in [-0.2, 0) is 6.54 Å². The number of amides is 1. The van der Waals surface area contributed by atoms with Crippen LogP contribution in [0.2, 0.25) is 0 Å². The number of fused-ring (bicyclic) bond motifs is 1. The van der Waals surface area contributed by atoms with E-state index >= 15 is 0 Å². The van der Waals surface area contributed by atoms with Gasteiger partial charge in [-0.05, 0) is 42.6 Å². The molecule has 0 unspecified atom stereocenters. The van der Waals surface area contributed by atoms with Gasteiger partial charge in [0.1, 0.15) is 11.5 Å². The van der Waals surface area contributed by atoms with E-state index in [1.807, 2.05) is 31.2 Å². The zero-order valence-corrected chi connectivity index (χ0v) is 15.6. The van der Waals surface area contributed by atoms with Gasteiger partial charge in [-0.3, -0.25) is 9.59 Å². The monoisotopic (exact) mass is 366 g/mol. The van der Waals surface area contributed by atoms with E-state index < -0.39 is 0 Å². The molecule has 0 radical (unpaired) electrons. The molecule has 0 aliphatic carbocycles. The van der Waals surface area contributed by atoms with Crippen LogP contribution in [0.1, 0.15) is 22.8 Å². The number of benzene rings is 2. The summed E-state index contributed by atoms with van der Waals surface area (Å²) in [6.07, 6.45) is 0. The van der Waals surface area contributed by atoms with Gasteiger partial charge in [0.15, 0.2) is 0 Å². The van der Waals surface area contributed by atoms with Gasteiger partial charge in [-0.25, -0.2) is 0 Å². The molecule has 0 saturated heterocycles. The molecule has 0 aliphatic heterocycles. The molecule has 0 spiro atoms. The summed E-state index contributed by atoms with van der Waals surface area (Å²) in [6.45, 7) is 2.56. The Balaban J connectivity index is 1.93. The van der Waals surface area contributed by atoms with Gasteiger partial charge < -0.3 is 19.4 Å². The first-order chi connectivity index (χ1) is 13.1. The van der Waals surface area contributed by atoms with Crippen LogP contribution >= 0.6 is 0 Å². The number of H-pyrrole nitrogens is 1. The van der Waals surface area contributed by atoms with Gasteiger partial charge in [0.25, 0.3) is 11.5 Å². The summed E-state index contributed by atoms with van der Waals surface area (Å²) in [5.74, 6) is 1.01. The Bertz CT molecular complexity index is 1030. The molecular weight excluding hydrogens is 344 g/mol. The minimum Gasteiger partial charge on any atom is -0.497 e. The number of ether oxygens (including phenoxy) is 2. The molecule has 1 amide bonds. The molecule has 140 valence electrons. The maximum atomic E-state index is 12.9. The molecule has 3 aromatic rings. The van der Waals surface area contributed by atoms with E-state index in [2.05, 4.69) is 4.98 Å². The van der Waals surface area contributed by atoms with Crippen molar-refractivity contribution in [3.63, 3.8) is 0 Å². The second-order valence-electron chi connectivity index (χ2n) is 6.10. The molecule has 1 heterocycles. The Morgan fingerprint density at radius 1 is 1.07 bits per heavy atom. The van der Waals surface area contributed by atoms with Crippen molar-refractivity contribution < 1.29 is 14.3 Å². The number of nitrogens with one attached hydrogen (secondary N) is 1. The summed E-state index contributed by atoms with van der Waals surface area (Å²) >= 11 is 0. The van der Waals surface area contributed by atoms with E-state index in [4.69, 9.17) is 9.47 Å². The second-order valence-corrected chi connectivity index (χ2v) is 6.10.